The summed E-state index contributed by atoms with van der Waals surface area (Å²) in [6.45, 7) is 7.58. The number of amides is 6. The number of ether oxygens (including phenoxy) is 7. The molecule has 2 unspecified atom stereocenters. The summed E-state index contributed by atoms with van der Waals surface area (Å²) < 4.78 is 39.6. The lowest BCUT2D eigenvalue weighted by atomic mass is 9.84. The summed E-state index contributed by atoms with van der Waals surface area (Å²) in [4.78, 5) is 132. The predicted molar refractivity (Wildman–Crippen MR) is 298 cm³/mol. The van der Waals surface area contributed by atoms with Gasteiger partial charge in [-0.25, -0.2) is 4.79 Å². The highest BCUT2D eigenvalue weighted by Crippen LogP contribution is 2.35. The van der Waals surface area contributed by atoms with E-state index in [1.807, 2.05) is 19.1 Å². The molecule has 3 aromatic carbocycles. The topological polar surface area (TPSA) is 266 Å². The van der Waals surface area contributed by atoms with Crippen LogP contribution >= 0.6 is 0 Å². The maximum Gasteiger partial charge on any atom is 0.329 e. The predicted octanol–water partition coefficient (Wildman–Crippen LogP) is 7.03. The van der Waals surface area contributed by atoms with Crippen molar-refractivity contribution >= 4 is 64.4 Å². The molecule has 3 atom stereocenters. The number of esters is 1. The van der Waals surface area contributed by atoms with Crippen molar-refractivity contribution in [3.63, 3.8) is 0 Å². The Labute approximate surface area is 478 Å². The van der Waals surface area contributed by atoms with E-state index in [-0.39, 0.29) is 79.6 Å². The molecule has 6 rings (SSSR count). The number of carbonyl (C=O) groups is 10. The minimum Gasteiger partial charge on any atom is -0.493 e. The number of ketones is 3. The molecule has 21 heteroatoms. The molecule has 0 spiro atoms. The van der Waals surface area contributed by atoms with Crippen LogP contribution < -0.4 is 24.8 Å². The Balaban J connectivity index is 0.824. The summed E-state index contributed by atoms with van der Waals surface area (Å²) in [5.41, 5.74) is 1.16. The number of anilines is 1. The molecule has 0 aromatic heterocycles. The minimum absolute atomic E-state index is 0.00236. The number of hydrogen-bond donors (Lipinski definition) is 2. The van der Waals surface area contributed by atoms with Gasteiger partial charge in [-0.05, 0) is 118 Å². The van der Waals surface area contributed by atoms with Crippen LogP contribution in [0.3, 0.4) is 0 Å². The molecule has 2 fully saturated rings. The quantitative estimate of drug-likeness (QED) is 0.0259. The number of likely N-dealkylation sites (tertiary alicyclic amines) is 1. The second-order valence-electron chi connectivity index (χ2n) is 21.1. The van der Waals surface area contributed by atoms with Gasteiger partial charge in [-0.3, -0.25) is 53.4 Å². The molecule has 3 aliphatic heterocycles. The molecule has 0 aliphatic carbocycles. The third-order valence-corrected chi connectivity index (χ3v) is 14.9. The van der Waals surface area contributed by atoms with Gasteiger partial charge in [0, 0.05) is 63.0 Å². The number of benzene rings is 3. The van der Waals surface area contributed by atoms with Crippen molar-refractivity contribution in [2.45, 2.75) is 142 Å². The number of unbranched alkanes of at least 4 members (excludes halogenated alkanes) is 2. The molecular weight excluding hydrogens is 1060 g/mol. The second kappa shape index (κ2) is 31.7. The number of carbonyl (C=O) groups excluding carboxylic acids is 10. The fourth-order valence-electron chi connectivity index (χ4n) is 9.69. The molecule has 444 valence electrons. The van der Waals surface area contributed by atoms with Gasteiger partial charge < -0.3 is 43.4 Å². The zero-order valence-corrected chi connectivity index (χ0v) is 47.8. The zero-order valence-electron chi connectivity index (χ0n) is 47.8. The summed E-state index contributed by atoms with van der Waals surface area (Å²) >= 11 is 0. The summed E-state index contributed by atoms with van der Waals surface area (Å²) in [6, 6.07) is 15.0. The van der Waals surface area contributed by atoms with Crippen LogP contribution in [-0.2, 0) is 63.7 Å². The van der Waals surface area contributed by atoms with E-state index in [0.717, 1.165) is 10.5 Å². The van der Waals surface area contributed by atoms with E-state index < -0.39 is 64.9 Å². The van der Waals surface area contributed by atoms with Crippen molar-refractivity contribution < 1.29 is 81.1 Å². The zero-order chi connectivity index (χ0) is 59.2. The maximum atomic E-state index is 14.1. The fourth-order valence-corrected chi connectivity index (χ4v) is 9.69. The highest BCUT2D eigenvalue weighted by molar-refractivity contribution is 6.38. The lowest BCUT2D eigenvalue weighted by Crippen LogP contribution is -2.54. The molecule has 3 aromatic rings. The van der Waals surface area contributed by atoms with E-state index in [1.54, 1.807) is 58.4 Å². The molecular formula is C61H78N4O17. The van der Waals surface area contributed by atoms with Gasteiger partial charge in [-0.15, -0.1) is 0 Å². The van der Waals surface area contributed by atoms with Gasteiger partial charge in [0.1, 0.15) is 36.3 Å². The van der Waals surface area contributed by atoms with Gasteiger partial charge in [0.05, 0.1) is 51.8 Å². The Morgan fingerprint density at radius 2 is 1.40 bits per heavy atom. The first-order chi connectivity index (χ1) is 39.5. The van der Waals surface area contributed by atoms with Crippen LogP contribution in [0, 0.1) is 5.41 Å². The summed E-state index contributed by atoms with van der Waals surface area (Å²) in [5.74, 6) is -3.77. The number of nitrogens with zero attached hydrogens (tertiary/aromatic N) is 2. The number of nitrogens with one attached hydrogen (secondary N) is 2. The number of rotatable bonds is 35. The van der Waals surface area contributed by atoms with Crippen LogP contribution in [0.25, 0.3) is 0 Å². The first kappa shape index (κ1) is 63.8. The molecule has 82 heavy (non-hydrogen) atoms. The van der Waals surface area contributed by atoms with Crippen molar-refractivity contribution in [3.05, 3.63) is 82.9 Å². The van der Waals surface area contributed by atoms with Gasteiger partial charge in [0.15, 0.2) is 17.3 Å². The van der Waals surface area contributed by atoms with Gasteiger partial charge >= 0.3 is 5.97 Å². The van der Waals surface area contributed by atoms with E-state index in [2.05, 4.69) is 10.6 Å². The number of methoxy groups -OCH3 is 2. The van der Waals surface area contributed by atoms with E-state index in [9.17, 15) is 47.9 Å². The van der Waals surface area contributed by atoms with E-state index in [4.69, 9.17) is 33.2 Å². The van der Waals surface area contributed by atoms with E-state index in [0.29, 0.717) is 133 Å². The number of imide groups is 2. The van der Waals surface area contributed by atoms with Crippen molar-refractivity contribution in [2.24, 2.45) is 5.41 Å². The molecule has 0 bridgehead atoms. The lowest BCUT2D eigenvalue weighted by molar-refractivity contribution is -0.164. The molecule has 2 saturated heterocycles. The van der Waals surface area contributed by atoms with Crippen molar-refractivity contribution in [1.29, 1.82) is 0 Å². The highest BCUT2D eigenvalue weighted by Gasteiger charge is 2.46. The highest BCUT2D eigenvalue weighted by atomic mass is 16.6. The Bertz CT molecular complexity index is 2780. The van der Waals surface area contributed by atoms with Crippen LogP contribution in [-0.4, -0.2) is 148 Å². The fraction of sp³-hybridized carbons (Fsp3) is 0.541. The van der Waals surface area contributed by atoms with Gasteiger partial charge in [0.25, 0.3) is 17.7 Å². The molecule has 21 nitrogen and oxygen atoms in total. The summed E-state index contributed by atoms with van der Waals surface area (Å²) in [5, 5.41) is 5.04. The smallest absolute Gasteiger partial charge is 0.329 e. The number of fused-ring (bicyclic) bond motifs is 1. The summed E-state index contributed by atoms with van der Waals surface area (Å²) in [7, 11) is 3.10. The van der Waals surface area contributed by atoms with Crippen LogP contribution in [0.1, 0.15) is 155 Å². The Morgan fingerprint density at radius 3 is 2.09 bits per heavy atom. The van der Waals surface area contributed by atoms with Crippen LogP contribution in [0.5, 0.6) is 17.2 Å². The molecule has 3 aliphatic rings. The maximum absolute atomic E-state index is 14.1. The van der Waals surface area contributed by atoms with Crippen molar-refractivity contribution in [2.75, 3.05) is 72.3 Å². The van der Waals surface area contributed by atoms with Crippen LogP contribution in [0.2, 0.25) is 0 Å². The molecule has 6 amide bonds. The third kappa shape index (κ3) is 18.1. The second-order valence-corrected chi connectivity index (χ2v) is 21.1. The largest absolute Gasteiger partial charge is 0.493 e. The standard InChI is InChI=1S/C61H78N4O17/c1-6-61(2,3)55(70)59(74)64-30-10-7-20-47(64)60(75)82-48(26-22-40-23-27-49(76-4)51(37-40)77-5)41-15-13-16-42(38-41)62-52(68)28-24-43(66)17-8-11-31-78-33-35-80-36-34-79-32-12-9-18-44(67)39-81-50-21-14-19-45-54(50)58(73)65(57(45)72)46-25-29-53(69)63-56(46)71/h13-16,19,21,23,27,37-38,46-48H,6-12,17-18,20,22,24-26,28-36,39H2,1-5H3,(H,62,68)(H,63,69,71)/t46?,47?,48-/m1/s1. The van der Waals surface area contributed by atoms with Gasteiger partial charge in [0.2, 0.25) is 23.5 Å². The van der Waals surface area contributed by atoms with Crippen molar-refractivity contribution in [1.82, 2.24) is 15.1 Å². The minimum atomic E-state index is -1.11. The number of hydrogen-bond acceptors (Lipinski definition) is 17. The van der Waals surface area contributed by atoms with Crippen molar-refractivity contribution in [3.8, 4) is 17.2 Å². The Morgan fingerprint density at radius 1 is 0.720 bits per heavy atom. The molecule has 2 N–H and O–H groups in total. The average molecular weight is 1140 g/mol. The monoisotopic (exact) mass is 1140 g/mol. The molecule has 0 saturated carbocycles. The normalized spacial score (nSPS) is 16.5. The SMILES string of the molecule is CCC(C)(C)C(=O)C(=O)N1CCCCC1C(=O)O[C@H](CCc1ccc(OC)c(OC)c1)c1cccc(NC(=O)CCC(=O)CCCCOCCOCCOCCCCC(=O)COc2cccc3c2C(=O)N(C2CCC(=O)NC2=O)C3=O)c1. The lowest BCUT2D eigenvalue weighted by Gasteiger charge is -2.36. The van der Waals surface area contributed by atoms with Gasteiger partial charge in [-0.1, -0.05) is 45.0 Å². The Kier molecular flexibility index (Phi) is 24.7. The molecule has 0 radical (unpaired) electrons. The van der Waals surface area contributed by atoms with Crippen LogP contribution in [0.15, 0.2) is 60.7 Å². The number of aryl methyl sites for hydroxylation is 1. The first-order valence-electron chi connectivity index (χ1n) is 28.4. The van der Waals surface area contributed by atoms with E-state index in [1.165, 1.54) is 23.1 Å². The number of piperidine rings is 2. The number of Topliss-reactive ketones (excluding diaryl/α,β-unsaturated/α-hetero) is 3. The third-order valence-electron chi connectivity index (χ3n) is 14.9. The average Bonchev–Trinajstić information content (AvgIpc) is 3.97. The summed E-state index contributed by atoms with van der Waals surface area (Å²) in [6.07, 6.45) is 5.26. The Hall–Kier alpha value is -7.36. The molecule has 3 heterocycles. The van der Waals surface area contributed by atoms with Gasteiger partial charge in [-0.2, -0.15) is 0 Å². The van der Waals surface area contributed by atoms with E-state index >= 15 is 0 Å². The first-order valence-corrected chi connectivity index (χ1v) is 28.4. The van der Waals surface area contributed by atoms with Crippen LogP contribution in [0.4, 0.5) is 5.69 Å².